The Hall–Kier alpha value is -1.76. The van der Waals surface area contributed by atoms with E-state index in [4.69, 9.17) is 4.74 Å². The fourth-order valence-electron chi connectivity index (χ4n) is 4.50. The number of hydrogen-bond donors (Lipinski definition) is 1. The van der Waals surface area contributed by atoms with Gasteiger partial charge in [0.15, 0.2) is 0 Å². The van der Waals surface area contributed by atoms with Crippen molar-refractivity contribution in [2.45, 2.75) is 25.9 Å². The first-order chi connectivity index (χ1) is 13.6. The second kappa shape index (κ2) is 8.72. The van der Waals surface area contributed by atoms with E-state index < -0.39 is 0 Å². The van der Waals surface area contributed by atoms with Crippen molar-refractivity contribution in [1.82, 2.24) is 15.2 Å². The zero-order chi connectivity index (χ0) is 19.4. The van der Waals surface area contributed by atoms with Crippen molar-refractivity contribution in [3.63, 3.8) is 0 Å². The van der Waals surface area contributed by atoms with Crippen LogP contribution in [0, 0.1) is 11.3 Å². The third kappa shape index (κ3) is 4.45. The first-order valence-corrected chi connectivity index (χ1v) is 10.7. The maximum Gasteiger partial charge on any atom is 0.225 e. The molecular weight excluding hydrogens is 418 g/mol. The summed E-state index contributed by atoms with van der Waals surface area (Å²) in [5.41, 5.74) is 2.38. The van der Waals surface area contributed by atoms with Crippen molar-refractivity contribution in [2.24, 2.45) is 11.3 Å². The number of halogens is 1. The van der Waals surface area contributed by atoms with Gasteiger partial charge in [0.05, 0.1) is 5.92 Å². The van der Waals surface area contributed by atoms with Crippen LogP contribution in [-0.4, -0.2) is 42.1 Å². The molecule has 0 saturated carbocycles. The van der Waals surface area contributed by atoms with E-state index in [1.807, 2.05) is 12.1 Å². The van der Waals surface area contributed by atoms with Gasteiger partial charge in [-0.1, -0.05) is 28.1 Å². The van der Waals surface area contributed by atoms with E-state index in [-0.39, 0.29) is 17.2 Å². The van der Waals surface area contributed by atoms with Gasteiger partial charge in [-0.05, 0) is 48.2 Å². The third-order valence-electron chi connectivity index (χ3n) is 6.06. The summed E-state index contributed by atoms with van der Waals surface area (Å²) in [6.45, 7) is 4.69. The number of ether oxygens (including phenoxy) is 1. The number of hydrogen-bond acceptors (Lipinski definition) is 4. The normalized spacial score (nSPS) is 21.7. The molecule has 6 heteroatoms. The highest BCUT2D eigenvalue weighted by molar-refractivity contribution is 9.10. The fraction of sp³-hybridized carbons (Fsp3) is 0.455. The Bertz CT molecular complexity index is 791. The van der Waals surface area contributed by atoms with Gasteiger partial charge in [-0.25, -0.2) is 0 Å². The van der Waals surface area contributed by atoms with Crippen molar-refractivity contribution in [3.8, 4) is 0 Å². The molecule has 28 heavy (non-hydrogen) atoms. The molecule has 1 aromatic carbocycles. The monoisotopic (exact) mass is 443 g/mol. The maximum atomic E-state index is 13.1. The molecule has 148 valence electrons. The number of rotatable bonds is 5. The van der Waals surface area contributed by atoms with Crippen LogP contribution in [0.4, 0.5) is 0 Å². The van der Waals surface area contributed by atoms with Crippen LogP contribution in [0.3, 0.4) is 0 Å². The van der Waals surface area contributed by atoms with Gasteiger partial charge in [-0.15, -0.1) is 0 Å². The van der Waals surface area contributed by atoms with Crippen LogP contribution in [0.1, 0.15) is 24.0 Å². The zero-order valence-electron chi connectivity index (χ0n) is 15.9. The second-order valence-corrected chi connectivity index (χ2v) is 8.81. The number of carbonyl (C=O) groups excluding carboxylic acids is 1. The molecule has 2 aromatic rings. The van der Waals surface area contributed by atoms with Crippen molar-refractivity contribution in [1.29, 1.82) is 0 Å². The first-order valence-electron chi connectivity index (χ1n) is 9.86. The Morgan fingerprint density at radius 1 is 1.14 bits per heavy atom. The molecule has 0 radical (unpaired) electrons. The molecule has 1 atom stereocenters. The van der Waals surface area contributed by atoms with E-state index in [9.17, 15) is 4.79 Å². The van der Waals surface area contributed by atoms with Gasteiger partial charge in [0.2, 0.25) is 5.91 Å². The second-order valence-electron chi connectivity index (χ2n) is 7.90. The smallest absolute Gasteiger partial charge is 0.225 e. The largest absolute Gasteiger partial charge is 0.381 e. The van der Waals surface area contributed by atoms with E-state index in [0.717, 1.165) is 55.7 Å². The van der Waals surface area contributed by atoms with Gasteiger partial charge in [0, 0.05) is 61.7 Å². The quantitative estimate of drug-likeness (QED) is 0.769. The van der Waals surface area contributed by atoms with Crippen LogP contribution in [-0.2, 0) is 22.6 Å². The van der Waals surface area contributed by atoms with E-state index in [1.54, 1.807) is 12.4 Å². The lowest BCUT2D eigenvalue weighted by molar-refractivity contribution is -0.130. The van der Waals surface area contributed by atoms with Gasteiger partial charge in [0.1, 0.15) is 0 Å². The maximum absolute atomic E-state index is 13.1. The number of benzene rings is 1. The fourth-order valence-corrected chi connectivity index (χ4v) is 4.76. The topological polar surface area (TPSA) is 54.5 Å². The zero-order valence-corrected chi connectivity index (χ0v) is 17.5. The molecule has 0 aliphatic carbocycles. The minimum atomic E-state index is 0.00804. The number of carbonyl (C=O) groups is 1. The Morgan fingerprint density at radius 3 is 2.57 bits per heavy atom. The molecule has 2 saturated heterocycles. The van der Waals surface area contributed by atoms with Crippen LogP contribution in [0.5, 0.6) is 0 Å². The highest BCUT2D eigenvalue weighted by atomic mass is 79.9. The number of likely N-dealkylation sites (tertiary alicyclic amines) is 1. The highest BCUT2D eigenvalue weighted by Gasteiger charge is 2.50. The SMILES string of the molecule is O=C(NCc1ccncc1)C1CN(Cc2ccc(Br)cc2)CC12CCOCC2. The Morgan fingerprint density at radius 2 is 1.86 bits per heavy atom. The summed E-state index contributed by atoms with van der Waals surface area (Å²) in [5, 5.41) is 3.16. The van der Waals surface area contributed by atoms with Gasteiger partial charge in [-0.3, -0.25) is 14.7 Å². The highest BCUT2D eigenvalue weighted by Crippen LogP contribution is 2.44. The summed E-state index contributed by atoms with van der Waals surface area (Å²) in [6.07, 6.45) is 5.43. The van der Waals surface area contributed by atoms with Gasteiger partial charge in [-0.2, -0.15) is 0 Å². The van der Waals surface area contributed by atoms with Crippen LogP contribution < -0.4 is 5.32 Å². The van der Waals surface area contributed by atoms with Gasteiger partial charge < -0.3 is 10.1 Å². The summed E-state index contributed by atoms with van der Waals surface area (Å²) in [4.78, 5) is 19.6. The summed E-state index contributed by atoms with van der Waals surface area (Å²) in [7, 11) is 0. The number of amides is 1. The average Bonchev–Trinajstić information content (AvgIpc) is 3.06. The van der Waals surface area contributed by atoms with E-state index >= 15 is 0 Å². The van der Waals surface area contributed by atoms with Gasteiger partial charge >= 0.3 is 0 Å². The average molecular weight is 444 g/mol. The molecule has 1 N–H and O–H groups in total. The molecule has 5 nitrogen and oxygen atoms in total. The molecule has 1 spiro atoms. The predicted octanol–water partition coefficient (Wildman–Crippen LogP) is 3.39. The van der Waals surface area contributed by atoms with Crippen LogP contribution in [0.15, 0.2) is 53.3 Å². The molecule has 1 aromatic heterocycles. The molecule has 2 fully saturated rings. The Balaban J connectivity index is 1.45. The van der Waals surface area contributed by atoms with E-state index in [0.29, 0.717) is 6.54 Å². The standard InChI is InChI=1S/C22H26BrN3O2/c23-19-3-1-18(2-4-19)14-26-15-20(22(16-26)7-11-28-12-8-22)21(27)25-13-17-5-9-24-10-6-17/h1-6,9-10,20H,7-8,11-16H2,(H,25,27). The van der Waals surface area contributed by atoms with Crippen molar-refractivity contribution in [2.75, 3.05) is 26.3 Å². The molecule has 1 amide bonds. The Labute approximate surface area is 174 Å². The van der Waals surface area contributed by atoms with Crippen molar-refractivity contribution >= 4 is 21.8 Å². The van der Waals surface area contributed by atoms with Crippen LogP contribution in [0.2, 0.25) is 0 Å². The van der Waals surface area contributed by atoms with Crippen LogP contribution >= 0.6 is 15.9 Å². The summed E-state index contributed by atoms with van der Waals surface area (Å²) >= 11 is 3.50. The molecule has 3 heterocycles. The minimum absolute atomic E-state index is 0.00804. The van der Waals surface area contributed by atoms with Crippen molar-refractivity contribution < 1.29 is 9.53 Å². The number of nitrogens with one attached hydrogen (secondary N) is 1. The first kappa shape index (κ1) is 19.6. The summed E-state index contributed by atoms with van der Waals surface area (Å²) < 4.78 is 6.71. The number of nitrogens with zero attached hydrogens (tertiary/aromatic N) is 2. The Kier molecular flexibility index (Phi) is 6.09. The minimum Gasteiger partial charge on any atom is -0.381 e. The molecule has 4 rings (SSSR count). The lowest BCUT2D eigenvalue weighted by atomic mass is 9.71. The van der Waals surface area contributed by atoms with Crippen molar-refractivity contribution in [3.05, 3.63) is 64.4 Å². The van der Waals surface area contributed by atoms with Crippen LogP contribution in [0.25, 0.3) is 0 Å². The molecule has 2 aliphatic rings. The lowest BCUT2D eigenvalue weighted by Gasteiger charge is -2.37. The molecule has 1 unspecified atom stereocenters. The third-order valence-corrected chi connectivity index (χ3v) is 6.59. The number of aromatic nitrogens is 1. The molecule has 2 aliphatic heterocycles. The lowest BCUT2D eigenvalue weighted by Crippen LogP contribution is -2.44. The number of pyridine rings is 1. The summed E-state index contributed by atoms with van der Waals surface area (Å²) in [6, 6.07) is 12.3. The summed E-state index contributed by atoms with van der Waals surface area (Å²) in [5.74, 6) is 0.172. The molecular formula is C22H26BrN3O2. The predicted molar refractivity (Wildman–Crippen MR) is 111 cm³/mol. The van der Waals surface area contributed by atoms with E-state index in [1.165, 1.54) is 5.56 Å². The van der Waals surface area contributed by atoms with E-state index in [2.05, 4.69) is 55.4 Å². The molecule has 0 bridgehead atoms. The van der Waals surface area contributed by atoms with Gasteiger partial charge in [0.25, 0.3) is 0 Å².